The third kappa shape index (κ3) is 17.8. The fraction of sp³-hybridized carbons (Fsp3) is 0.443. The van der Waals surface area contributed by atoms with E-state index in [1.165, 1.54) is 63.6 Å². The van der Waals surface area contributed by atoms with Crippen molar-refractivity contribution in [1.29, 1.82) is 10.5 Å². The van der Waals surface area contributed by atoms with Gasteiger partial charge in [-0.1, -0.05) is 51.9 Å². The number of nitrogens with two attached hydrogens (primary N) is 1. The molecule has 3 aliphatic carbocycles. The number of nitrogens with one attached hydrogen (secondary N) is 1. The van der Waals surface area contributed by atoms with E-state index in [0.717, 1.165) is 94.2 Å². The van der Waals surface area contributed by atoms with Gasteiger partial charge in [0.1, 0.15) is 35.9 Å². The number of nitriles is 2. The summed E-state index contributed by atoms with van der Waals surface area (Å²) in [4.78, 5) is 74.0. The minimum Gasteiger partial charge on any atom is -0.443 e. The van der Waals surface area contributed by atoms with Crippen LogP contribution < -0.4 is 5.73 Å². The third-order valence-corrected chi connectivity index (χ3v) is 16.3. The molecule has 0 atom stereocenters. The van der Waals surface area contributed by atoms with Gasteiger partial charge in [0.05, 0.1) is 69.4 Å². The summed E-state index contributed by atoms with van der Waals surface area (Å²) in [5, 5.41) is 35.6. The minimum atomic E-state index is -0.576. The van der Waals surface area contributed by atoms with Gasteiger partial charge in [0.25, 0.3) is 0 Å². The molecule has 0 aromatic carbocycles. The molecule has 0 aliphatic heterocycles. The number of carbonyl (C=O) groups is 4. The Morgan fingerprint density at radius 1 is 0.568 bits per heavy atom. The highest BCUT2D eigenvalue weighted by Gasteiger charge is 2.28. The van der Waals surface area contributed by atoms with Gasteiger partial charge in [-0.3, -0.25) is 38.0 Å². The van der Waals surface area contributed by atoms with Crippen LogP contribution in [0.4, 0.5) is 0 Å². The number of primary amides is 1. The maximum Gasteiger partial charge on any atom is 0.312 e. The number of H-pyrrole nitrogens is 1. The van der Waals surface area contributed by atoms with Gasteiger partial charge in [-0.2, -0.15) is 25.8 Å². The highest BCUT2D eigenvalue weighted by molar-refractivity contribution is 5.94. The molecule has 95 heavy (non-hydrogen) atoms. The summed E-state index contributed by atoms with van der Waals surface area (Å²) in [5.41, 5.74) is 12.4. The second-order valence-electron chi connectivity index (χ2n) is 26.5. The number of aromatic amines is 1. The zero-order valence-corrected chi connectivity index (χ0v) is 54.7. The molecular weight excluding hydrogens is 1200 g/mol. The van der Waals surface area contributed by atoms with Crippen LogP contribution in [-0.4, -0.2) is 97.2 Å². The van der Waals surface area contributed by atoms with Gasteiger partial charge in [-0.05, 0) is 119 Å². The van der Waals surface area contributed by atoms with Gasteiger partial charge in [-0.25, -0.2) is 39.3 Å². The molecule has 3 fully saturated rings. The minimum absolute atomic E-state index is 0. The molecule has 12 rings (SSSR count). The van der Waals surface area contributed by atoms with E-state index in [-0.39, 0.29) is 51.4 Å². The quantitative estimate of drug-likeness (QED) is 0.0336. The Bertz CT molecular complexity index is 4340. The number of hydrogen-bond acceptors (Lipinski definition) is 18. The lowest BCUT2D eigenvalue weighted by Crippen LogP contribution is -2.23. The van der Waals surface area contributed by atoms with Crippen LogP contribution in [0, 0.1) is 68.5 Å². The predicted molar refractivity (Wildman–Crippen MR) is 359 cm³/mol. The van der Waals surface area contributed by atoms with Gasteiger partial charge in [0, 0.05) is 106 Å². The van der Waals surface area contributed by atoms with Crippen LogP contribution in [0.2, 0.25) is 0 Å². The molecule has 3 aliphatic rings. The van der Waals surface area contributed by atoms with E-state index in [0.29, 0.717) is 34.5 Å². The van der Waals surface area contributed by atoms with E-state index in [1.807, 2.05) is 118 Å². The Kier molecular flexibility index (Phi) is 23.2. The lowest BCUT2D eigenvalue weighted by molar-refractivity contribution is -0.157. The first kappa shape index (κ1) is 70.3. The largest absolute Gasteiger partial charge is 0.443 e. The van der Waals surface area contributed by atoms with Gasteiger partial charge >= 0.3 is 17.9 Å². The second kappa shape index (κ2) is 31.3. The number of esters is 3. The van der Waals surface area contributed by atoms with Crippen LogP contribution in [0.1, 0.15) is 147 Å². The molecule has 0 bridgehead atoms. The van der Waals surface area contributed by atoms with Crippen LogP contribution in [0.3, 0.4) is 0 Å². The monoisotopic (exact) mass is 1290 g/mol. The van der Waals surface area contributed by atoms with Crippen molar-refractivity contribution < 1.29 is 33.4 Å². The number of amides is 1. The summed E-state index contributed by atoms with van der Waals surface area (Å²) in [6.07, 6.45) is 37.6. The van der Waals surface area contributed by atoms with E-state index < -0.39 is 22.2 Å². The summed E-state index contributed by atoms with van der Waals surface area (Å²) in [7, 11) is 0. The van der Waals surface area contributed by atoms with Crippen molar-refractivity contribution >= 4 is 68.3 Å². The molecule has 0 spiro atoms. The van der Waals surface area contributed by atoms with Crippen LogP contribution in [0.25, 0.3) is 78.3 Å². The first-order chi connectivity index (χ1) is 45.0. The van der Waals surface area contributed by atoms with E-state index in [4.69, 9.17) is 25.2 Å². The molecule has 1 amide bonds. The number of fused-ring (bicyclic) bond motifs is 3. The van der Waals surface area contributed by atoms with Gasteiger partial charge in [0.2, 0.25) is 5.91 Å². The summed E-state index contributed by atoms with van der Waals surface area (Å²) in [6, 6.07) is 9.71. The molecule has 25 nitrogen and oxygen atoms in total. The summed E-state index contributed by atoms with van der Waals surface area (Å²) in [6.45, 7) is 16.7. The Labute approximate surface area is 552 Å². The number of rotatable bonds is 14. The highest BCUT2D eigenvalue weighted by Crippen LogP contribution is 2.37. The Balaban J connectivity index is 0.000000172. The van der Waals surface area contributed by atoms with Crippen molar-refractivity contribution in [2.75, 3.05) is 0 Å². The van der Waals surface area contributed by atoms with Crippen LogP contribution in [0.15, 0.2) is 105 Å². The van der Waals surface area contributed by atoms with Crippen LogP contribution in [0.5, 0.6) is 0 Å². The average molecular weight is 1290 g/mol. The van der Waals surface area contributed by atoms with Crippen molar-refractivity contribution in [2.24, 2.45) is 39.7 Å². The average Bonchev–Trinajstić information content (AvgIpc) is 1.67. The summed E-state index contributed by atoms with van der Waals surface area (Å²) in [5.74, 6) is 5.24. The lowest BCUT2D eigenvalue weighted by Gasteiger charge is -2.17. The van der Waals surface area contributed by atoms with Gasteiger partial charge < -0.3 is 19.9 Å². The van der Waals surface area contributed by atoms with E-state index in [2.05, 4.69) is 68.2 Å². The number of carbonyl (C=O) groups excluding carboxylic acids is 4. The first-order valence-corrected chi connectivity index (χ1v) is 31.5. The number of aromatic nitrogens is 15. The highest BCUT2D eigenvalue weighted by atomic mass is 16.6. The van der Waals surface area contributed by atoms with E-state index in [1.54, 1.807) is 53.9 Å². The molecular formula is C70H84N18O7. The predicted octanol–water partition coefficient (Wildman–Crippen LogP) is 12.5. The van der Waals surface area contributed by atoms with Crippen LogP contribution >= 0.6 is 0 Å². The third-order valence-electron chi connectivity index (χ3n) is 16.3. The van der Waals surface area contributed by atoms with E-state index >= 15 is 0 Å². The zero-order valence-electron chi connectivity index (χ0n) is 54.7. The summed E-state index contributed by atoms with van der Waals surface area (Å²) < 4.78 is 25.1. The molecule has 0 radical (unpaired) electrons. The molecule has 3 saturated carbocycles. The molecule has 3 N–H and O–H groups in total. The topological polar surface area (TPSA) is 326 Å². The van der Waals surface area contributed by atoms with Gasteiger partial charge in [-0.15, -0.1) is 0 Å². The van der Waals surface area contributed by atoms with Crippen molar-refractivity contribution in [3.63, 3.8) is 0 Å². The van der Waals surface area contributed by atoms with E-state index in [9.17, 15) is 24.4 Å². The molecule has 9 aromatic rings. The second-order valence-corrected chi connectivity index (χ2v) is 26.5. The Morgan fingerprint density at radius 3 is 1.33 bits per heavy atom. The number of ether oxygens (including phenoxy) is 3. The Hall–Kier alpha value is -10.6. The van der Waals surface area contributed by atoms with Crippen molar-refractivity contribution in [3.05, 3.63) is 105 Å². The maximum absolute atomic E-state index is 12.1. The van der Waals surface area contributed by atoms with Crippen LogP contribution in [-0.2, 0) is 53.6 Å². The Morgan fingerprint density at radius 2 is 0.958 bits per heavy atom. The summed E-state index contributed by atoms with van der Waals surface area (Å²) >= 11 is 0. The van der Waals surface area contributed by atoms with Gasteiger partial charge in [0.15, 0.2) is 26.3 Å². The molecule has 0 saturated heterocycles. The van der Waals surface area contributed by atoms with Crippen molar-refractivity contribution in [3.8, 4) is 57.8 Å². The lowest BCUT2D eigenvalue weighted by atomic mass is 9.97. The normalized spacial score (nSPS) is 14.6. The molecule has 9 heterocycles. The number of hydrogen-bond donors (Lipinski definition) is 2. The molecule has 9 aromatic heterocycles. The first-order valence-electron chi connectivity index (χ1n) is 31.5. The SMILES string of the molecule is C.CC(C)(C)C(=O)OCn1ccc2c(-c3cn[nH]c3)ncnc21.CC(C)(C)C(=O)OCn1ccc2c(-c3cnn(/C(=C\C#N)C4CCCC4)c3)ncnc21.CC(C)(C)C(=O)OCn1ccc2c(-c3cnn(/C(=C\C(N)=O)C4CCCC4)c3)ncnc21.N#CC#CC1CCCC1. The molecule has 0 unspecified atom stereocenters. The number of nitrogens with zero attached hydrogens (tertiary/aromatic N) is 16. The fourth-order valence-corrected chi connectivity index (χ4v) is 11.2. The van der Waals surface area contributed by atoms with Crippen molar-refractivity contribution in [1.82, 2.24) is 73.4 Å². The molecule has 496 valence electrons. The molecule has 25 heteroatoms. The standard InChI is InChI=1S/C23H28N6O3.C23H26N6O2.C15H17N5O2.C8H9N.CH4/c1-23(2,3)22(31)32-14-28-9-8-17-20(25-13-26-21(17)28)16-11-27-29(12-16)18(10-19(24)30)15-6-4-5-7-15;1-23(2,3)22(30)31-15-28-11-9-18-20(25-14-26-21(18)28)17-12-27-29(13-17)19(8-10-24)16-6-4-5-7-16;1-15(2,3)14(21)22-9-20-5-4-11-12(10-6-18-19-7-10)16-8-17-13(11)20;9-7-3-6-8-4-1-2-5-8;/h8-13,15H,4-7,14H2,1-3H3,(H2,24,30);8-9,11-14,16H,4-7,15H2,1-3H3;4-8H,9H2,1-3H3,(H,18,19);8H,1-2,4-5H2;1H4/b18-10-;19-8-;;;. The number of allylic oxidation sites excluding steroid dienone is 3. The zero-order chi connectivity index (χ0) is 67.2. The maximum atomic E-state index is 12.1. The smallest absolute Gasteiger partial charge is 0.312 e. The van der Waals surface area contributed by atoms with Crippen molar-refractivity contribution in [2.45, 2.75) is 167 Å². The fourth-order valence-electron chi connectivity index (χ4n) is 11.2.